The van der Waals surface area contributed by atoms with Gasteiger partial charge in [-0.15, -0.1) is 0 Å². The van der Waals surface area contributed by atoms with Crippen LogP contribution in [-0.2, 0) is 9.59 Å². The number of nitro groups is 1. The molecular formula is C26H17FN2O6. The predicted molar refractivity (Wildman–Crippen MR) is 123 cm³/mol. The molecule has 0 spiro atoms. The lowest BCUT2D eigenvalue weighted by Crippen LogP contribution is -2.31. The van der Waals surface area contributed by atoms with Crippen LogP contribution < -0.4 is 9.47 Å². The summed E-state index contributed by atoms with van der Waals surface area (Å²) in [7, 11) is 0. The van der Waals surface area contributed by atoms with Crippen LogP contribution in [0.15, 0.2) is 97.1 Å². The molecular weight excluding hydrogens is 455 g/mol. The minimum Gasteiger partial charge on any atom is -0.426 e. The topological polar surface area (TPSA) is 109 Å². The second-order valence-corrected chi connectivity index (χ2v) is 7.27. The van der Waals surface area contributed by atoms with Crippen molar-refractivity contribution in [3.8, 4) is 22.8 Å². The molecule has 35 heavy (non-hydrogen) atoms. The Labute approximate surface area is 198 Å². The zero-order valence-corrected chi connectivity index (χ0v) is 18.0. The van der Waals surface area contributed by atoms with E-state index >= 15 is 0 Å². The van der Waals surface area contributed by atoms with Gasteiger partial charge in [0, 0.05) is 11.6 Å². The lowest BCUT2D eigenvalue weighted by molar-refractivity contribution is -0.386. The van der Waals surface area contributed by atoms with Crippen molar-refractivity contribution >= 4 is 17.6 Å². The molecule has 1 heterocycles. The number of pyridine rings is 1. The van der Waals surface area contributed by atoms with Gasteiger partial charge in [0.15, 0.2) is 0 Å². The maximum atomic E-state index is 13.4. The third-order valence-corrected chi connectivity index (χ3v) is 4.91. The third-order valence-electron chi connectivity index (χ3n) is 4.91. The van der Waals surface area contributed by atoms with Crippen LogP contribution >= 0.6 is 0 Å². The summed E-state index contributed by atoms with van der Waals surface area (Å²) in [5.74, 6) is -4.31. The first-order valence-corrected chi connectivity index (χ1v) is 10.4. The van der Waals surface area contributed by atoms with E-state index in [1.165, 1.54) is 54.6 Å². The normalized spacial score (nSPS) is 10.6. The van der Waals surface area contributed by atoms with Crippen LogP contribution in [0.1, 0.15) is 11.6 Å². The number of rotatable bonds is 7. The molecule has 0 bridgehead atoms. The highest BCUT2D eigenvalue weighted by Crippen LogP contribution is 2.31. The SMILES string of the molecule is O=C(Oc1ccccc1)C(C(=O)Oc1ccccc1)c1nc(-c2ccc(F)cc2)ccc1[N+](=O)[O-]. The molecule has 0 unspecified atom stereocenters. The summed E-state index contributed by atoms with van der Waals surface area (Å²) in [6.07, 6.45) is 0. The van der Waals surface area contributed by atoms with Crippen LogP contribution in [0.3, 0.4) is 0 Å². The molecule has 174 valence electrons. The maximum Gasteiger partial charge on any atom is 0.332 e. The van der Waals surface area contributed by atoms with E-state index in [1.807, 2.05) is 0 Å². The Kier molecular flexibility index (Phi) is 6.87. The average Bonchev–Trinajstić information content (AvgIpc) is 2.85. The molecule has 4 aromatic rings. The van der Waals surface area contributed by atoms with E-state index in [1.54, 1.807) is 36.4 Å². The first-order chi connectivity index (χ1) is 16.9. The Morgan fingerprint density at radius 3 is 1.77 bits per heavy atom. The van der Waals surface area contributed by atoms with Gasteiger partial charge >= 0.3 is 11.9 Å². The summed E-state index contributed by atoms with van der Waals surface area (Å²) in [5.41, 5.74) is -0.417. The van der Waals surface area contributed by atoms with Crippen molar-refractivity contribution in [3.05, 3.63) is 119 Å². The van der Waals surface area contributed by atoms with Crippen molar-refractivity contribution < 1.29 is 28.4 Å². The van der Waals surface area contributed by atoms with E-state index < -0.39 is 40.0 Å². The Bertz CT molecular complexity index is 1310. The van der Waals surface area contributed by atoms with Gasteiger partial charge in [-0.2, -0.15) is 0 Å². The minimum absolute atomic E-state index is 0.132. The van der Waals surface area contributed by atoms with Crippen molar-refractivity contribution in [1.29, 1.82) is 0 Å². The average molecular weight is 472 g/mol. The molecule has 0 saturated heterocycles. The van der Waals surface area contributed by atoms with Gasteiger partial charge in [0.1, 0.15) is 23.0 Å². The first kappa shape index (κ1) is 23.2. The zero-order valence-electron chi connectivity index (χ0n) is 18.0. The molecule has 0 aliphatic carbocycles. The monoisotopic (exact) mass is 472 g/mol. The number of nitrogens with zero attached hydrogens (tertiary/aromatic N) is 2. The Morgan fingerprint density at radius 1 is 0.771 bits per heavy atom. The summed E-state index contributed by atoms with van der Waals surface area (Å²) < 4.78 is 24.0. The number of aromatic nitrogens is 1. The molecule has 1 aromatic heterocycles. The second-order valence-electron chi connectivity index (χ2n) is 7.27. The van der Waals surface area contributed by atoms with Gasteiger partial charge in [-0.25, -0.2) is 9.37 Å². The fourth-order valence-corrected chi connectivity index (χ4v) is 3.26. The molecule has 8 nitrogen and oxygen atoms in total. The predicted octanol–water partition coefficient (Wildman–Crippen LogP) is 5.09. The standard InChI is InChI=1S/C26H17FN2O6/c27-18-13-11-17(12-14-18)21-15-16-22(29(32)33)24(28-21)23(25(30)34-19-7-3-1-4-8-19)26(31)35-20-9-5-2-6-10-20/h1-16,23H. The quantitative estimate of drug-likeness (QED) is 0.121. The Balaban J connectivity index is 1.80. The van der Waals surface area contributed by atoms with E-state index in [-0.39, 0.29) is 17.2 Å². The molecule has 3 aromatic carbocycles. The van der Waals surface area contributed by atoms with E-state index in [4.69, 9.17) is 9.47 Å². The van der Waals surface area contributed by atoms with Gasteiger partial charge in [-0.3, -0.25) is 19.7 Å². The van der Waals surface area contributed by atoms with Gasteiger partial charge in [0.05, 0.1) is 10.6 Å². The summed E-state index contributed by atoms with van der Waals surface area (Å²) in [6, 6.07) is 23.6. The van der Waals surface area contributed by atoms with Gasteiger partial charge < -0.3 is 9.47 Å². The third kappa shape index (κ3) is 5.53. The van der Waals surface area contributed by atoms with Crippen LogP contribution in [0.4, 0.5) is 10.1 Å². The lowest BCUT2D eigenvalue weighted by atomic mass is 10.0. The highest BCUT2D eigenvalue weighted by molar-refractivity contribution is 6.03. The molecule has 0 N–H and O–H groups in total. The smallest absolute Gasteiger partial charge is 0.332 e. The molecule has 0 saturated carbocycles. The molecule has 0 aliphatic rings. The number of hydrogen-bond donors (Lipinski definition) is 0. The Morgan fingerprint density at radius 2 is 1.29 bits per heavy atom. The summed E-state index contributed by atoms with van der Waals surface area (Å²) in [5, 5.41) is 11.8. The van der Waals surface area contributed by atoms with Crippen molar-refractivity contribution in [3.63, 3.8) is 0 Å². The van der Waals surface area contributed by atoms with Crippen LogP contribution in [0.25, 0.3) is 11.3 Å². The number of carbonyl (C=O) groups is 2. The minimum atomic E-state index is -1.88. The maximum absolute atomic E-state index is 13.4. The van der Waals surface area contributed by atoms with E-state index in [9.17, 15) is 24.1 Å². The van der Waals surface area contributed by atoms with E-state index in [2.05, 4.69) is 4.98 Å². The lowest BCUT2D eigenvalue weighted by Gasteiger charge is -2.16. The highest BCUT2D eigenvalue weighted by Gasteiger charge is 2.39. The van der Waals surface area contributed by atoms with E-state index in [0.717, 1.165) is 6.07 Å². The Hall–Kier alpha value is -4.92. The molecule has 0 amide bonds. The van der Waals surface area contributed by atoms with Crippen LogP contribution in [0.5, 0.6) is 11.5 Å². The van der Waals surface area contributed by atoms with Crippen molar-refractivity contribution in [1.82, 2.24) is 4.98 Å². The number of benzene rings is 3. The van der Waals surface area contributed by atoms with Crippen LogP contribution in [0.2, 0.25) is 0 Å². The molecule has 4 rings (SSSR count). The van der Waals surface area contributed by atoms with Gasteiger partial charge in [-0.1, -0.05) is 36.4 Å². The molecule has 0 atom stereocenters. The number of ether oxygens (including phenoxy) is 2. The fraction of sp³-hybridized carbons (Fsp3) is 0.0385. The number of para-hydroxylation sites is 2. The van der Waals surface area contributed by atoms with Gasteiger partial charge in [-0.05, 0) is 54.6 Å². The zero-order chi connectivity index (χ0) is 24.8. The van der Waals surface area contributed by atoms with Crippen molar-refractivity contribution in [2.45, 2.75) is 5.92 Å². The van der Waals surface area contributed by atoms with Gasteiger partial charge in [0.2, 0.25) is 5.92 Å². The van der Waals surface area contributed by atoms with Crippen LogP contribution in [0, 0.1) is 15.9 Å². The first-order valence-electron chi connectivity index (χ1n) is 10.4. The molecule has 9 heteroatoms. The summed E-state index contributed by atoms with van der Waals surface area (Å²) in [6.45, 7) is 0. The number of hydrogen-bond acceptors (Lipinski definition) is 7. The van der Waals surface area contributed by atoms with Crippen molar-refractivity contribution in [2.75, 3.05) is 0 Å². The number of carbonyl (C=O) groups excluding carboxylic acids is 2. The van der Waals surface area contributed by atoms with Crippen LogP contribution in [-0.4, -0.2) is 21.8 Å². The van der Waals surface area contributed by atoms with E-state index in [0.29, 0.717) is 5.56 Å². The molecule has 0 fully saturated rings. The second kappa shape index (κ2) is 10.3. The number of esters is 2. The van der Waals surface area contributed by atoms with Gasteiger partial charge in [0.25, 0.3) is 5.69 Å². The summed E-state index contributed by atoms with van der Waals surface area (Å²) >= 11 is 0. The summed E-state index contributed by atoms with van der Waals surface area (Å²) in [4.78, 5) is 41.6. The van der Waals surface area contributed by atoms with Crippen molar-refractivity contribution in [2.24, 2.45) is 0 Å². The fourth-order valence-electron chi connectivity index (χ4n) is 3.26. The molecule has 0 aliphatic heterocycles. The molecule has 0 radical (unpaired) electrons. The highest BCUT2D eigenvalue weighted by atomic mass is 19.1. The largest absolute Gasteiger partial charge is 0.426 e. The number of halogens is 1.